The first-order chi connectivity index (χ1) is 22.7. The van der Waals surface area contributed by atoms with Gasteiger partial charge in [-0.1, -0.05) is 53.5 Å². The Balaban J connectivity index is 1.34. The van der Waals surface area contributed by atoms with Gasteiger partial charge in [-0.15, -0.1) is 0 Å². The fraction of sp³-hybridized carbons (Fsp3) is 0.294. The largest absolute Gasteiger partial charge is 0.481 e. The number of carbonyl (C=O) groups excluding carboxylic acids is 1. The highest BCUT2D eigenvalue weighted by atomic mass is 35.5. The monoisotopic (exact) mass is 673 g/mol. The van der Waals surface area contributed by atoms with E-state index >= 15 is 0 Å². The molecule has 0 radical (unpaired) electrons. The predicted molar refractivity (Wildman–Crippen MR) is 184 cm³/mol. The number of pyridine rings is 1. The lowest BCUT2D eigenvalue weighted by atomic mass is 9.99. The summed E-state index contributed by atoms with van der Waals surface area (Å²) >= 11 is 14.1. The third-order valence-corrected chi connectivity index (χ3v) is 9.36. The number of rotatable bonds is 11. The lowest BCUT2D eigenvalue weighted by Gasteiger charge is -2.18. The number of anilines is 2. The van der Waals surface area contributed by atoms with Crippen LogP contribution in [0.2, 0.25) is 10.0 Å². The molecule has 2 aromatic carbocycles. The number of halogens is 2. The minimum atomic E-state index is -0.525. The number of aromatic nitrogens is 5. The number of hydrogen-bond donors (Lipinski definition) is 2. The number of nitrogens with zero attached hydrogens (tertiary/aromatic N) is 5. The highest BCUT2D eigenvalue weighted by Gasteiger charge is 2.28. The Morgan fingerprint density at radius 1 is 1.00 bits per heavy atom. The fourth-order valence-corrected chi connectivity index (χ4v) is 6.73. The van der Waals surface area contributed by atoms with Crippen LogP contribution in [0.15, 0.2) is 58.4 Å². The molecule has 0 saturated heterocycles. The van der Waals surface area contributed by atoms with Gasteiger partial charge in [-0.25, -0.2) is 19.7 Å². The Labute approximate surface area is 280 Å². The molecule has 3 heterocycles. The molecule has 1 atom stereocenters. The summed E-state index contributed by atoms with van der Waals surface area (Å²) in [5.41, 5.74) is 4.68. The Hall–Kier alpha value is -4.58. The number of hydrogen-bond acceptors (Lipinski definition) is 9. The molecule has 1 aliphatic carbocycles. The van der Waals surface area contributed by atoms with Gasteiger partial charge in [-0.2, -0.15) is 0 Å². The lowest BCUT2D eigenvalue weighted by Crippen LogP contribution is -2.37. The van der Waals surface area contributed by atoms with E-state index in [-0.39, 0.29) is 22.9 Å². The van der Waals surface area contributed by atoms with Crippen molar-refractivity contribution in [1.29, 1.82) is 0 Å². The zero-order valence-corrected chi connectivity index (χ0v) is 27.7. The number of benzene rings is 2. The van der Waals surface area contributed by atoms with Crippen molar-refractivity contribution in [3.8, 4) is 28.3 Å². The zero-order valence-electron chi connectivity index (χ0n) is 26.1. The molecule has 13 heteroatoms. The summed E-state index contributed by atoms with van der Waals surface area (Å²) in [6, 6.07) is 13.4. The third-order valence-electron chi connectivity index (χ3n) is 8.55. The molecule has 0 bridgehead atoms. The van der Waals surface area contributed by atoms with Crippen LogP contribution in [0.1, 0.15) is 42.9 Å². The van der Waals surface area contributed by atoms with Gasteiger partial charge in [0, 0.05) is 48.8 Å². The second kappa shape index (κ2) is 13.6. The van der Waals surface area contributed by atoms with E-state index in [9.17, 15) is 14.4 Å². The van der Waals surface area contributed by atoms with Crippen LogP contribution in [0, 0.1) is 0 Å². The van der Waals surface area contributed by atoms with Crippen LogP contribution in [0.4, 0.5) is 11.5 Å². The quantitative estimate of drug-likeness (QED) is 0.133. The molecule has 0 aliphatic heterocycles. The van der Waals surface area contributed by atoms with Gasteiger partial charge in [-0.3, -0.25) is 13.9 Å². The number of methoxy groups -OCH3 is 1. The summed E-state index contributed by atoms with van der Waals surface area (Å²) < 4.78 is 8.08. The molecule has 47 heavy (non-hydrogen) atoms. The summed E-state index contributed by atoms with van der Waals surface area (Å²) in [6.45, 7) is 0.815. The van der Waals surface area contributed by atoms with E-state index in [0.29, 0.717) is 44.9 Å². The van der Waals surface area contributed by atoms with E-state index in [2.05, 4.69) is 26.7 Å². The van der Waals surface area contributed by atoms with E-state index in [1.807, 2.05) is 30.3 Å². The van der Waals surface area contributed by atoms with E-state index in [1.165, 1.54) is 17.9 Å². The Morgan fingerprint density at radius 3 is 2.51 bits per heavy atom. The topological polar surface area (TPSA) is 133 Å². The number of unbranched alkanes of at least 4 members (excludes halogenated alkanes) is 2. The van der Waals surface area contributed by atoms with Gasteiger partial charge in [0.25, 0.3) is 5.56 Å². The van der Waals surface area contributed by atoms with Crippen LogP contribution in [0.25, 0.3) is 33.4 Å². The molecule has 0 spiro atoms. The Bertz CT molecular complexity index is 2130. The molecule has 0 fully saturated rings. The molecular weight excluding hydrogens is 641 g/mol. The summed E-state index contributed by atoms with van der Waals surface area (Å²) in [4.78, 5) is 49.5. The molecule has 11 nitrogen and oxygen atoms in total. The summed E-state index contributed by atoms with van der Waals surface area (Å²) in [5.74, 6) is 0.778. The first-order valence-electron chi connectivity index (χ1n) is 15.3. The molecule has 1 aliphatic rings. The van der Waals surface area contributed by atoms with Crippen molar-refractivity contribution >= 4 is 52.0 Å². The van der Waals surface area contributed by atoms with Crippen molar-refractivity contribution in [2.75, 3.05) is 19.0 Å². The van der Waals surface area contributed by atoms with Gasteiger partial charge in [0.05, 0.1) is 28.5 Å². The average molecular weight is 675 g/mol. The molecule has 0 amide bonds. The molecular formula is C34H33Cl2N7O4. The van der Waals surface area contributed by atoms with Crippen molar-refractivity contribution in [2.24, 2.45) is 14.1 Å². The number of aldehydes is 1. The highest BCUT2D eigenvalue weighted by molar-refractivity contribution is 6.39. The number of nitrogens with one attached hydrogen (secondary N) is 2. The zero-order chi connectivity index (χ0) is 33.2. The summed E-state index contributed by atoms with van der Waals surface area (Å²) in [5, 5.41) is 7.76. The van der Waals surface area contributed by atoms with Crippen molar-refractivity contribution in [3.05, 3.63) is 90.8 Å². The van der Waals surface area contributed by atoms with Crippen molar-refractivity contribution in [1.82, 2.24) is 29.4 Å². The highest BCUT2D eigenvalue weighted by Crippen LogP contribution is 2.44. The summed E-state index contributed by atoms with van der Waals surface area (Å²) in [6.07, 6.45) is 6.41. The van der Waals surface area contributed by atoms with Crippen LogP contribution < -0.4 is 26.6 Å². The van der Waals surface area contributed by atoms with Gasteiger partial charge < -0.3 is 20.2 Å². The van der Waals surface area contributed by atoms with E-state index in [0.717, 1.165) is 59.8 Å². The Morgan fingerprint density at radius 2 is 1.74 bits per heavy atom. The van der Waals surface area contributed by atoms with E-state index in [4.69, 9.17) is 32.9 Å². The second-order valence-corrected chi connectivity index (χ2v) is 12.1. The SMILES string of the molecule is COc1nc(-c2cccc(-c3cccc(Nc4ncnc5c4c(=O)n(C)c(=O)n5C)c3Cl)c2Cl)cc2c1[C@@H](NCCCCC=O)CC2. The molecule has 6 rings (SSSR count). The summed E-state index contributed by atoms with van der Waals surface area (Å²) in [7, 11) is 4.58. The lowest BCUT2D eigenvalue weighted by molar-refractivity contribution is -0.107. The Kier molecular flexibility index (Phi) is 9.40. The van der Waals surface area contributed by atoms with Crippen LogP contribution in [-0.4, -0.2) is 44.0 Å². The average Bonchev–Trinajstić information content (AvgIpc) is 3.50. The minimum Gasteiger partial charge on any atom is -0.481 e. The maximum atomic E-state index is 13.1. The van der Waals surface area contributed by atoms with E-state index in [1.54, 1.807) is 20.2 Å². The molecule has 0 unspecified atom stereocenters. The van der Waals surface area contributed by atoms with Crippen LogP contribution in [-0.2, 0) is 25.3 Å². The maximum absolute atomic E-state index is 13.1. The third kappa shape index (κ3) is 6.02. The van der Waals surface area contributed by atoms with Crippen molar-refractivity contribution in [3.63, 3.8) is 0 Å². The van der Waals surface area contributed by atoms with Gasteiger partial charge in [0.15, 0.2) is 5.65 Å². The van der Waals surface area contributed by atoms with Crippen molar-refractivity contribution < 1.29 is 9.53 Å². The second-order valence-electron chi connectivity index (χ2n) is 11.4. The number of fused-ring (bicyclic) bond motifs is 2. The number of aryl methyl sites for hydroxylation is 2. The van der Waals surface area contributed by atoms with Gasteiger partial charge in [0.2, 0.25) is 5.88 Å². The first-order valence-corrected chi connectivity index (χ1v) is 16.0. The minimum absolute atomic E-state index is 0.130. The molecule has 3 aromatic heterocycles. The van der Waals surface area contributed by atoms with Crippen LogP contribution >= 0.6 is 23.2 Å². The standard InChI is InChI=1S/C34H33Cl2N7O4/c1-42-31-27(33(45)43(2)34(42)46)30(38-18-39-31)40-24-12-8-10-21(29(24)36)20-9-7-11-22(28(20)35)25-17-19-13-14-23(26(19)32(41-25)47-3)37-15-5-4-6-16-44/h7-12,16-18,23,37H,4-6,13-15H2,1-3H3,(H,38,39,40)/t23-/m0/s1. The molecule has 2 N–H and O–H groups in total. The number of carbonyl (C=O) groups is 1. The van der Waals surface area contributed by atoms with Crippen LogP contribution in [0.3, 0.4) is 0 Å². The first kappa shape index (κ1) is 32.4. The van der Waals surface area contributed by atoms with Gasteiger partial charge in [-0.05, 0) is 49.9 Å². The molecule has 0 saturated carbocycles. The maximum Gasteiger partial charge on any atom is 0.332 e. The van der Waals surface area contributed by atoms with E-state index < -0.39 is 11.2 Å². The van der Waals surface area contributed by atoms with Gasteiger partial charge >= 0.3 is 5.69 Å². The number of ether oxygens (including phenoxy) is 1. The predicted octanol–water partition coefficient (Wildman–Crippen LogP) is 5.76. The molecule has 242 valence electrons. The van der Waals surface area contributed by atoms with Crippen LogP contribution in [0.5, 0.6) is 5.88 Å². The molecule has 5 aromatic rings. The fourth-order valence-electron chi connectivity index (χ4n) is 6.13. The normalized spacial score (nSPS) is 13.9. The smallest absolute Gasteiger partial charge is 0.332 e. The van der Waals surface area contributed by atoms with Crippen molar-refractivity contribution in [2.45, 2.75) is 38.1 Å². The van der Waals surface area contributed by atoms with Gasteiger partial charge in [0.1, 0.15) is 23.8 Å².